The van der Waals surface area contributed by atoms with Crippen LogP contribution in [0.2, 0.25) is 0 Å². The highest BCUT2D eigenvalue weighted by atomic mass is 19.1. The van der Waals surface area contributed by atoms with Crippen LogP contribution in [-0.4, -0.2) is 5.78 Å². The molecule has 0 spiro atoms. The average Bonchev–Trinajstić information content (AvgIpc) is 2.63. The lowest BCUT2D eigenvalue weighted by Gasteiger charge is -2.11. The molecule has 0 aromatic heterocycles. The van der Waals surface area contributed by atoms with Crippen molar-refractivity contribution < 1.29 is 18.7 Å². The first kappa shape index (κ1) is 16.7. The summed E-state index contributed by atoms with van der Waals surface area (Å²) in [5.41, 5.74) is 1.28. The maximum absolute atomic E-state index is 14.0. The van der Waals surface area contributed by atoms with E-state index in [9.17, 15) is 9.18 Å². The number of carbonyl (C=O) groups is 1. The Hall–Kier alpha value is -3.14. The van der Waals surface area contributed by atoms with Crippen molar-refractivity contribution >= 4 is 5.78 Å². The lowest BCUT2D eigenvalue weighted by molar-refractivity contribution is 0.101. The third-order valence-corrected chi connectivity index (χ3v) is 3.64. The normalized spacial score (nSPS) is 10.3. The van der Waals surface area contributed by atoms with Crippen molar-refractivity contribution in [2.45, 2.75) is 13.5 Å². The average molecular weight is 336 g/mol. The van der Waals surface area contributed by atoms with Gasteiger partial charge in [-0.05, 0) is 48.9 Å². The molecular formula is C21H17FO3. The van der Waals surface area contributed by atoms with E-state index in [0.29, 0.717) is 18.1 Å². The van der Waals surface area contributed by atoms with E-state index in [-0.39, 0.29) is 17.1 Å². The number of hydrogen-bond donors (Lipinski definition) is 0. The molecule has 0 heterocycles. The van der Waals surface area contributed by atoms with E-state index in [0.717, 1.165) is 5.56 Å². The van der Waals surface area contributed by atoms with Crippen molar-refractivity contribution in [3.8, 4) is 17.2 Å². The lowest BCUT2D eigenvalue weighted by atomic mass is 10.1. The zero-order valence-corrected chi connectivity index (χ0v) is 13.7. The van der Waals surface area contributed by atoms with Gasteiger partial charge in [0.15, 0.2) is 17.3 Å². The summed E-state index contributed by atoms with van der Waals surface area (Å²) in [4.78, 5) is 11.6. The van der Waals surface area contributed by atoms with Crippen molar-refractivity contribution in [3.05, 3.63) is 89.7 Å². The van der Waals surface area contributed by atoms with Gasteiger partial charge in [0, 0.05) is 0 Å². The molecular weight excluding hydrogens is 319 g/mol. The number of ketones is 1. The molecule has 0 unspecified atom stereocenters. The molecule has 0 atom stereocenters. The number of halogens is 1. The fourth-order valence-electron chi connectivity index (χ4n) is 2.35. The van der Waals surface area contributed by atoms with Gasteiger partial charge in [-0.1, -0.05) is 36.4 Å². The highest BCUT2D eigenvalue weighted by molar-refractivity contribution is 5.96. The van der Waals surface area contributed by atoms with Crippen LogP contribution in [0.25, 0.3) is 0 Å². The number of para-hydroxylation sites is 1. The van der Waals surface area contributed by atoms with Gasteiger partial charge >= 0.3 is 0 Å². The van der Waals surface area contributed by atoms with E-state index in [1.807, 2.05) is 30.3 Å². The summed E-state index contributed by atoms with van der Waals surface area (Å²) in [7, 11) is 0. The second kappa shape index (κ2) is 7.62. The van der Waals surface area contributed by atoms with Crippen LogP contribution in [0, 0.1) is 5.82 Å². The smallest absolute Gasteiger partial charge is 0.173 e. The van der Waals surface area contributed by atoms with Crippen LogP contribution in [-0.2, 0) is 6.61 Å². The number of benzene rings is 3. The van der Waals surface area contributed by atoms with Gasteiger partial charge in [-0.25, -0.2) is 4.39 Å². The second-order valence-electron chi connectivity index (χ2n) is 5.52. The predicted molar refractivity (Wildman–Crippen MR) is 93.7 cm³/mol. The van der Waals surface area contributed by atoms with Crippen molar-refractivity contribution in [2.24, 2.45) is 0 Å². The first-order valence-corrected chi connectivity index (χ1v) is 7.87. The molecule has 0 saturated heterocycles. The fraction of sp³-hybridized carbons (Fsp3) is 0.0952. The zero-order valence-electron chi connectivity index (χ0n) is 13.7. The summed E-state index contributed by atoms with van der Waals surface area (Å²) in [5, 5.41) is 0. The molecule has 3 aromatic carbocycles. The third-order valence-electron chi connectivity index (χ3n) is 3.64. The van der Waals surface area contributed by atoms with Crippen LogP contribution in [0.4, 0.5) is 4.39 Å². The minimum Gasteiger partial charge on any atom is -0.489 e. The van der Waals surface area contributed by atoms with Gasteiger partial charge in [0.05, 0.1) is 5.56 Å². The summed E-state index contributed by atoms with van der Waals surface area (Å²) in [6.07, 6.45) is 0. The molecule has 0 aliphatic heterocycles. The number of rotatable bonds is 6. The Morgan fingerprint density at radius 3 is 2.24 bits per heavy atom. The molecule has 126 valence electrons. The lowest BCUT2D eigenvalue weighted by Crippen LogP contribution is -1.99. The van der Waals surface area contributed by atoms with Crippen LogP contribution in [0.5, 0.6) is 17.2 Å². The van der Waals surface area contributed by atoms with Crippen LogP contribution in [0.3, 0.4) is 0 Å². The third kappa shape index (κ3) is 4.23. The topological polar surface area (TPSA) is 35.5 Å². The largest absolute Gasteiger partial charge is 0.489 e. The van der Waals surface area contributed by atoms with Gasteiger partial charge in [-0.15, -0.1) is 0 Å². The molecule has 3 nitrogen and oxygen atoms in total. The quantitative estimate of drug-likeness (QED) is 0.565. The fourth-order valence-corrected chi connectivity index (χ4v) is 2.35. The van der Waals surface area contributed by atoms with Gasteiger partial charge in [0.2, 0.25) is 0 Å². The van der Waals surface area contributed by atoms with Crippen LogP contribution < -0.4 is 9.47 Å². The maximum atomic E-state index is 14.0. The molecule has 0 saturated carbocycles. The Bertz CT molecular complexity index is 858. The first-order valence-electron chi connectivity index (χ1n) is 7.87. The molecule has 0 radical (unpaired) electrons. The van der Waals surface area contributed by atoms with Crippen molar-refractivity contribution in [3.63, 3.8) is 0 Å². The summed E-state index contributed by atoms with van der Waals surface area (Å²) < 4.78 is 25.2. The minimum atomic E-state index is -0.572. The highest BCUT2D eigenvalue weighted by Crippen LogP contribution is 2.30. The molecule has 0 bridgehead atoms. The molecule has 0 aliphatic rings. The van der Waals surface area contributed by atoms with Crippen molar-refractivity contribution in [1.82, 2.24) is 0 Å². The molecule has 3 rings (SSSR count). The van der Waals surface area contributed by atoms with Gasteiger partial charge in [0.1, 0.15) is 18.1 Å². The molecule has 0 amide bonds. The van der Waals surface area contributed by atoms with Crippen LogP contribution >= 0.6 is 0 Å². The van der Waals surface area contributed by atoms with E-state index in [4.69, 9.17) is 9.47 Å². The maximum Gasteiger partial charge on any atom is 0.173 e. The van der Waals surface area contributed by atoms with Gasteiger partial charge in [-0.2, -0.15) is 0 Å². The molecule has 25 heavy (non-hydrogen) atoms. The molecule has 0 aliphatic carbocycles. The van der Waals surface area contributed by atoms with Gasteiger partial charge in [0.25, 0.3) is 0 Å². The Morgan fingerprint density at radius 2 is 1.56 bits per heavy atom. The second-order valence-corrected chi connectivity index (χ2v) is 5.52. The summed E-state index contributed by atoms with van der Waals surface area (Å²) in [6, 6.07) is 21.0. The Kier molecular flexibility index (Phi) is 5.09. The molecule has 3 aromatic rings. The van der Waals surface area contributed by atoms with Crippen LogP contribution in [0.15, 0.2) is 72.8 Å². The number of ether oxygens (including phenoxy) is 2. The monoisotopic (exact) mass is 336 g/mol. The SMILES string of the molecule is CC(=O)c1cccc(F)c1Oc1ccc(OCc2ccccc2)cc1. The summed E-state index contributed by atoms with van der Waals surface area (Å²) in [5.74, 6) is 0.221. The Labute approximate surface area is 145 Å². The zero-order chi connectivity index (χ0) is 17.6. The van der Waals surface area contributed by atoms with Gasteiger partial charge < -0.3 is 9.47 Å². The predicted octanol–water partition coefficient (Wildman–Crippen LogP) is 5.40. The Morgan fingerprint density at radius 1 is 0.880 bits per heavy atom. The van der Waals surface area contributed by atoms with Gasteiger partial charge in [-0.3, -0.25) is 4.79 Å². The number of hydrogen-bond acceptors (Lipinski definition) is 3. The Balaban J connectivity index is 1.70. The van der Waals surface area contributed by atoms with Crippen LogP contribution in [0.1, 0.15) is 22.8 Å². The molecule has 0 N–H and O–H groups in total. The molecule has 4 heteroatoms. The summed E-state index contributed by atoms with van der Waals surface area (Å²) in [6.45, 7) is 1.84. The summed E-state index contributed by atoms with van der Waals surface area (Å²) >= 11 is 0. The van der Waals surface area contributed by atoms with Crippen molar-refractivity contribution in [2.75, 3.05) is 0 Å². The first-order chi connectivity index (χ1) is 12.1. The van der Waals surface area contributed by atoms with E-state index in [1.54, 1.807) is 24.3 Å². The van der Waals surface area contributed by atoms with E-state index in [2.05, 4.69) is 0 Å². The van der Waals surface area contributed by atoms with Crippen molar-refractivity contribution in [1.29, 1.82) is 0 Å². The van der Waals surface area contributed by atoms with E-state index < -0.39 is 5.82 Å². The van der Waals surface area contributed by atoms with E-state index >= 15 is 0 Å². The standard InChI is InChI=1S/C21H17FO3/c1-15(23)19-8-5-9-20(22)21(19)25-18-12-10-17(11-13-18)24-14-16-6-3-2-4-7-16/h2-13H,14H2,1H3. The van der Waals surface area contributed by atoms with E-state index in [1.165, 1.54) is 25.1 Å². The number of Topliss-reactive ketones (excluding diaryl/α,β-unsaturated/α-hetero) is 1. The minimum absolute atomic E-state index is 0.0621. The number of carbonyl (C=O) groups excluding carboxylic acids is 1. The molecule has 0 fully saturated rings. The highest BCUT2D eigenvalue weighted by Gasteiger charge is 2.14.